The molecule has 0 aromatic carbocycles. The molecule has 0 spiro atoms. The normalized spacial score (nSPS) is 21.9. The van der Waals surface area contributed by atoms with Crippen molar-refractivity contribution in [2.45, 2.75) is 197 Å². The minimum absolute atomic E-state index is 0.111. The van der Waals surface area contributed by atoms with E-state index in [1.165, 1.54) is 26.0 Å². The number of unbranched alkanes of at least 4 members (excludes halogenated alkanes) is 7. The van der Waals surface area contributed by atoms with Gasteiger partial charge in [-0.25, -0.2) is 9.36 Å². The van der Waals surface area contributed by atoms with Crippen LogP contribution in [0.1, 0.15) is 115 Å². The van der Waals surface area contributed by atoms with Crippen molar-refractivity contribution >= 4 is 47.3 Å². The van der Waals surface area contributed by atoms with Crippen LogP contribution >= 0.6 is 0 Å². The average molecular weight is 1400 g/mol. The van der Waals surface area contributed by atoms with E-state index in [1.54, 1.807) is 21.8 Å². The summed E-state index contributed by atoms with van der Waals surface area (Å²) in [7, 11) is 0. The van der Waals surface area contributed by atoms with Gasteiger partial charge in [0, 0.05) is 109 Å². The maximum absolute atomic E-state index is 13.2. The maximum Gasteiger partial charge on any atom is 0.253 e. The van der Waals surface area contributed by atoms with E-state index in [0.29, 0.717) is 109 Å². The zero-order valence-corrected chi connectivity index (χ0v) is 56.5. The van der Waals surface area contributed by atoms with Crippen molar-refractivity contribution in [2.24, 2.45) is 0 Å². The molecule has 0 saturated carbocycles. The molecule has 554 valence electrons. The summed E-state index contributed by atoms with van der Waals surface area (Å²) in [6, 6.07) is -2.27. The Labute approximate surface area is 570 Å². The van der Waals surface area contributed by atoms with Gasteiger partial charge in [0.15, 0.2) is 0 Å². The Hall–Kier alpha value is -6.58. The molecule has 2 aromatic rings. The SMILES string of the molecule is CC(=O)N[C@@H]1[C@@H](O)[C@@H](O)[C@@H](CO)O[C@H]1Cc1cn(CCOCCOCCOCCNC(=O)CCC(CCC(=O)NCCOCCOCCOCCn2cc(C[C@@H]3O[C@H](CO)[C@H](O)[C@H](O)[C@H]3NC(C)=O)nn2)NC(=O)CCCCCCCCCCC(=O)NCCN2C(=O)C=CC2=O)nn1. The van der Waals surface area contributed by atoms with Crippen LogP contribution in [0.15, 0.2) is 24.5 Å². The Kier molecular flexibility index (Phi) is 39.8. The Bertz CT molecular complexity index is 2560. The number of carbonyl (C=O) groups excluding carboxylic acids is 8. The highest BCUT2D eigenvalue weighted by Gasteiger charge is 2.46. The highest BCUT2D eigenvalue weighted by atomic mass is 16.6. The fraction of sp³-hybridized carbons (Fsp3) is 0.778. The number of aliphatic hydroxyl groups excluding tert-OH is 6. The first-order valence-corrected chi connectivity index (χ1v) is 34.0. The molecule has 0 radical (unpaired) electrons. The second-order valence-electron chi connectivity index (χ2n) is 24.1. The number of carbonyl (C=O) groups is 8. The molecule has 3 aliphatic heterocycles. The number of aromatic nitrogens is 6. The predicted octanol–water partition coefficient (Wildman–Crippen LogP) is -4.05. The smallest absolute Gasteiger partial charge is 0.253 e. The van der Waals surface area contributed by atoms with Crippen molar-refractivity contribution in [1.82, 2.24) is 66.8 Å². The van der Waals surface area contributed by atoms with Gasteiger partial charge in [0.1, 0.15) is 36.6 Å². The van der Waals surface area contributed by atoms with Gasteiger partial charge in [-0.15, -0.1) is 10.2 Å². The summed E-state index contributed by atoms with van der Waals surface area (Å²) in [6.07, 6.45) is 5.64. The number of rotatable bonds is 53. The zero-order valence-electron chi connectivity index (χ0n) is 56.5. The number of aliphatic hydroxyl groups is 6. The van der Waals surface area contributed by atoms with Crippen molar-refractivity contribution in [3.63, 3.8) is 0 Å². The number of hydrogen-bond donors (Lipinski definition) is 12. The largest absolute Gasteiger partial charge is 0.394 e. The number of hydrogen-bond acceptors (Lipinski definition) is 26. The molecule has 35 heteroatoms. The summed E-state index contributed by atoms with van der Waals surface area (Å²) in [4.78, 5) is 99.1. The van der Waals surface area contributed by atoms with E-state index in [4.69, 9.17) is 37.9 Å². The summed E-state index contributed by atoms with van der Waals surface area (Å²) in [5.41, 5.74) is 1.02. The van der Waals surface area contributed by atoms with Crippen LogP contribution in [0.2, 0.25) is 0 Å². The van der Waals surface area contributed by atoms with Gasteiger partial charge >= 0.3 is 0 Å². The zero-order chi connectivity index (χ0) is 70.9. The summed E-state index contributed by atoms with van der Waals surface area (Å²) in [5.74, 6) is -2.32. The summed E-state index contributed by atoms with van der Waals surface area (Å²) >= 11 is 0. The van der Waals surface area contributed by atoms with Gasteiger partial charge in [-0.1, -0.05) is 49.0 Å². The van der Waals surface area contributed by atoms with Gasteiger partial charge < -0.3 is 100 Å². The van der Waals surface area contributed by atoms with Crippen LogP contribution < -0.4 is 31.9 Å². The Balaban J connectivity index is 0.894. The molecule has 35 nitrogen and oxygen atoms in total. The lowest BCUT2D eigenvalue weighted by Crippen LogP contribution is -2.64. The van der Waals surface area contributed by atoms with Gasteiger partial charge in [-0.2, -0.15) is 0 Å². The molecule has 5 rings (SSSR count). The van der Waals surface area contributed by atoms with Gasteiger partial charge in [0.25, 0.3) is 11.8 Å². The molecule has 5 heterocycles. The minimum Gasteiger partial charge on any atom is -0.394 e. The van der Waals surface area contributed by atoms with E-state index in [0.717, 1.165) is 49.8 Å². The van der Waals surface area contributed by atoms with E-state index in [1.807, 2.05) is 0 Å². The standard InChI is InChI=1S/C63H105N13O22/c1-43(79)67-58-48(97-50(41-77)60(87)62(58)89)37-46-39-74(72-70-46)23-27-93-31-35-95-33-29-91-25-20-65-53(82)15-13-45(69-55(84)12-10-8-6-4-3-5-7-9-11-52(81)64-19-22-76-56(85)17-18-57(76)86)14-16-54(83)66-21-26-92-30-34-96-36-32-94-28-24-75-40-47(71-73-75)38-49-59(68-44(2)80)63(90)61(88)51(42-78)98-49/h17-18,39-40,45,48-51,58-63,77-78,87-90H,3-16,19-38,41-42H2,1-2H3,(H,64,81)(H,65,82)(H,66,83)(H,67,79)(H,68,80)(H,69,84)/t48-,49-,50+,51+,58-,59-,60-,61-,62+,63+/m0/s1. The topological polar surface area (TPSA) is 469 Å². The van der Waals surface area contributed by atoms with Crippen molar-refractivity contribution in [2.75, 3.05) is 119 Å². The quantitative estimate of drug-likeness (QED) is 0.0221. The van der Waals surface area contributed by atoms with Crippen LogP contribution in [0.25, 0.3) is 0 Å². The van der Waals surface area contributed by atoms with Crippen molar-refractivity contribution in [3.05, 3.63) is 35.9 Å². The van der Waals surface area contributed by atoms with Crippen molar-refractivity contribution < 1.29 is 107 Å². The van der Waals surface area contributed by atoms with Gasteiger partial charge in [0.05, 0.1) is 141 Å². The molecular weight excluding hydrogens is 1290 g/mol. The fourth-order valence-corrected chi connectivity index (χ4v) is 11.0. The van der Waals surface area contributed by atoms with Crippen LogP contribution in [-0.4, -0.2) is 298 Å². The third-order valence-corrected chi connectivity index (χ3v) is 16.3. The molecule has 0 aliphatic carbocycles. The number of nitrogens with one attached hydrogen (secondary N) is 6. The maximum atomic E-state index is 13.2. The molecule has 3 aliphatic rings. The monoisotopic (exact) mass is 1400 g/mol. The number of imide groups is 1. The van der Waals surface area contributed by atoms with Crippen LogP contribution in [0.4, 0.5) is 0 Å². The van der Waals surface area contributed by atoms with Crippen LogP contribution in [0.5, 0.6) is 0 Å². The fourth-order valence-electron chi connectivity index (χ4n) is 11.0. The highest BCUT2D eigenvalue weighted by Crippen LogP contribution is 2.25. The van der Waals surface area contributed by atoms with Crippen molar-refractivity contribution in [3.8, 4) is 0 Å². The first kappa shape index (κ1) is 82.1. The molecule has 2 saturated heterocycles. The van der Waals surface area contributed by atoms with Crippen LogP contribution in [0.3, 0.4) is 0 Å². The number of nitrogens with zero attached hydrogens (tertiary/aromatic N) is 7. The van der Waals surface area contributed by atoms with E-state index in [2.05, 4.69) is 52.5 Å². The molecule has 0 unspecified atom stereocenters. The first-order valence-electron chi connectivity index (χ1n) is 34.0. The third kappa shape index (κ3) is 32.2. The predicted molar refractivity (Wildman–Crippen MR) is 345 cm³/mol. The molecule has 2 aromatic heterocycles. The molecule has 98 heavy (non-hydrogen) atoms. The van der Waals surface area contributed by atoms with E-state index < -0.39 is 92.0 Å². The lowest BCUT2D eigenvalue weighted by molar-refractivity contribution is -0.194. The first-order chi connectivity index (χ1) is 47.3. The molecule has 10 atom stereocenters. The average Bonchev–Trinajstić information content (AvgIpc) is 1.03. The minimum atomic E-state index is -1.38. The Morgan fingerprint density at radius 3 is 1.24 bits per heavy atom. The van der Waals surface area contributed by atoms with Gasteiger partial charge in [-0.3, -0.25) is 43.3 Å². The Morgan fingerprint density at radius 1 is 0.469 bits per heavy atom. The van der Waals surface area contributed by atoms with Crippen LogP contribution in [0, 0.1) is 0 Å². The second kappa shape index (κ2) is 47.5. The van der Waals surface area contributed by atoms with Gasteiger partial charge in [-0.05, 0) is 25.7 Å². The Morgan fingerprint density at radius 2 is 0.837 bits per heavy atom. The highest BCUT2D eigenvalue weighted by molar-refractivity contribution is 6.12. The lowest BCUT2D eigenvalue weighted by atomic mass is 9.90. The van der Waals surface area contributed by atoms with Gasteiger partial charge in [0.2, 0.25) is 35.4 Å². The van der Waals surface area contributed by atoms with Crippen LogP contribution in [-0.2, 0) is 102 Å². The summed E-state index contributed by atoms with van der Waals surface area (Å²) < 4.78 is 48.4. The lowest BCUT2D eigenvalue weighted by Gasteiger charge is -2.42. The molecular formula is C63H105N13O22. The molecule has 2 fully saturated rings. The number of amides is 8. The number of ether oxygens (including phenoxy) is 8. The van der Waals surface area contributed by atoms with E-state index in [-0.39, 0.29) is 114 Å². The second-order valence-corrected chi connectivity index (χ2v) is 24.1. The summed E-state index contributed by atoms with van der Waals surface area (Å²) in [5, 5.41) is 94.1. The molecule has 12 N–H and O–H groups in total. The molecule has 0 bridgehead atoms. The van der Waals surface area contributed by atoms with E-state index in [9.17, 15) is 69.0 Å². The third-order valence-electron chi connectivity index (χ3n) is 16.3. The molecule has 8 amide bonds. The summed E-state index contributed by atoms with van der Waals surface area (Å²) in [6.45, 7) is 6.67. The van der Waals surface area contributed by atoms with Crippen molar-refractivity contribution in [1.29, 1.82) is 0 Å². The van der Waals surface area contributed by atoms with E-state index >= 15 is 0 Å².